The van der Waals surface area contributed by atoms with Gasteiger partial charge in [0.2, 0.25) is 5.90 Å². The summed E-state index contributed by atoms with van der Waals surface area (Å²) in [6.45, 7) is 1.27. The van der Waals surface area contributed by atoms with Crippen LogP contribution in [0.3, 0.4) is 0 Å². The molecule has 0 bridgehead atoms. The van der Waals surface area contributed by atoms with Crippen molar-refractivity contribution >= 4 is 46.3 Å². The van der Waals surface area contributed by atoms with Crippen molar-refractivity contribution in [2.24, 2.45) is 4.99 Å². The van der Waals surface area contributed by atoms with Crippen LogP contribution in [0, 0.1) is 0 Å². The van der Waals surface area contributed by atoms with E-state index in [1.807, 2.05) is 42.5 Å². The van der Waals surface area contributed by atoms with Crippen molar-refractivity contribution in [1.29, 1.82) is 0 Å². The van der Waals surface area contributed by atoms with Gasteiger partial charge in [-0.1, -0.05) is 48.0 Å². The number of rotatable bonds is 4. The molecule has 0 saturated carbocycles. The number of hydrogen-bond donors (Lipinski definition) is 0. The first kappa shape index (κ1) is 19.7. The van der Waals surface area contributed by atoms with E-state index in [0.717, 1.165) is 16.3 Å². The van der Waals surface area contributed by atoms with E-state index in [-0.39, 0.29) is 28.1 Å². The van der Waals surface area contributed by atoms with Crippen molar-refractivity contribution in [2.45, 2.75) is 6.92 Å². The monoisotopic (exact) mass is 421 g/mol. The van der Waals surface area contributed by atoms with Gasteiger partial charge in [-0.05, 0) is 40.6 Å². The van der Waals surface area contributed by atoms with E-state index in [0.29, 0.717) is 5.56 Å². The van der Waals surface area contributed by atoms with Crippen LogP contribution in [0.25, 0.3) is 16.8 Å². The Labute approximate surface area is 177 Å². The van der Waals surface area contributed by atoms with E-state index in [1.165, 1.54) is 20.1 Å². The molecule has 0 saturated heterocycles. The highest BCUT2D eigenvalue weighted by atomic mass is 35.5. The van der Waals surface area contributed by atoms with Gasteiger partial charge in [0.1, 0.15) is 0 Å². The molecule has 0 unspecified atom stereocenters. The fraction of sp³-hybridized carbons (Fsp3) is 0.0870. The molecule has 3 aromatic carbocycles. The lowest BCUT2D eigenvalue weighted by atomic mass is 10.0. The number of carbonyl (C=O) groups is 2. The highest BCUT2D eigenvalue weighted by molar-refractivity contribution is 6.32. The zero-order valence-corrected chi connectivity index (χ0v) is 16.9. The molecular formula is C23H16ClNO5. The minimum Gasteiger partial charge on any atom is -0.493 e. The molecule has 0 atom stereocenters. The molecule has 0 fully saturated rings. The van der Waals surface area contributed by atoms with Crippen molar-refractivity contribution < 1.29 is 23.8 Å². The van der Waals surface area contributed by atoms with Gasteiger partial charge in [-0.15, -0.1) is 0 Å². The maximum atomic E-state index is 12.4. The summed E-state index contributed by atoms with van der Waals surface area (Å²) >= 11 is 6.23. The van der Waals surface area contributed by atoms with Gasteiger partial charge in [0.25, 0.3) is 0 Å². The molecule has 1 aliphatic rings. The minimum atomic E-state index is -0.572. The van der Waals surface area contributed by atoms with Gasteiger partial charge in [0.05, 0.1) is 12.1 Å². The van der Waals surface area contributed by atoms with Crippen LogP contribution in [0.15, 0.2) is 65.3 Å². The van der Waals surface area contributed by atoms with E-state index >= 15 is 0 Å². The van der Waals surface area contributed by atoms with Gasteiger partial charge in [0, 0.05) is 12.5 Å². The number of carbonyl (C=O) groups excluding carboxylic acids is 2. The van der Waals surface area contributed by atoms with E-state index in [9.17, 15) is 9.59 Å². The molecule has 0 spiro atoms. The van der Waals surface area contributed by atoms with E-state index < -0.39 is 11.9 Å². The second kappa shape index (κ2) is 8.00. The standard InChI is InChI=1S/C23H16ClNO5/c1-13(26)29-21-18(24)10-14(12-20(21)28-2)11-19-23(27)30-22(25-19)17-9-5-7-15-6-3-4-8-16(15)17/h3-12H,1-2H3/b19-11-. The van der Waals surface area contributed by atoms with Gasteiger partial charge >= 0.3 is 11.9 Å². The first-order chi connectivity index (χ1) is 14.5. The summed E-state index contributed by atoms with van der Waals surface area (Å²) in [5, 5.41) is 2.12. The summed E-state index contributed by atoms with van der Waals surface area (Å²) in [4.78, 5) is 28.1. The number of fused-ring (bicyclic) bond motifs is 1. The average molecular weight is 422 g/mol. The fourth-order valence-electron chi connectivity index (χ4n) is 3.16. The Bertz CT molecular complexity index is 1240. The van der Waals surface area contributed by atoms with Crippen molar-refractivity contribution in [2.75, 3.05) is 7.11 Å². The molecule has 0 N–H and O–H groups in total. The summed E-state index contributed by atoms with van der Waals surface area (Å²) < 4.78 is 15.8. The Balaban J connectivity index is 1.74. The number of esters is 2. The topological polar surface area (TPSA) is 74.2 Å². The Morgan fingerprint density at radius 2 is 1.90 bits per heavy atom. The number of aliphatic imine (C=N–C) groups is 1. The van der Waals surface area contributed by atoms with Gasteiger partial charge < -0.3 is 14.2 Å². The lowest BCUT2D eigenvalue weighted by Crippen LogP contribution is -2.06. The Kier molecular flexibility index (Phi) is 5.25. The third-order valence-corrected chi connectivity index (χ3v) is 4.72. The second-order valence-electron chi connectivity index (χ2n) is 6.49. The third-order valence-electron chi connectivity index (χ3n) is 4.44. The molecule has 0 aliphatic carbocycles. The summed E-state index contributed by atoms with van der Waals surface area (Å²) in [6, 6.07) is 16.6. The van der Waals surface area contributed by atoms with Gasteiger partial charge in [-0.25, -0.2) is 9.79 Å². The maximum Gasteiger partial charge on any atom is 0.363 e. The molecule has 1 aliphatic heterocycles. The van der Waals surface area contributed by atoms with Crippen LogP contribution in [0.2, 0.25) is 5.02 Å². The summed E-state index contributed by atoms with van der Waals surface area (Å²) in [5.41, 5.74) is 1.39. The molecule has 3 aromatic rings. The smallest absolute Gasteiger partial charge is 0.363 e. The first-order valence-corrected chi connectivity index (χ1v) is 9.40. The normalized spacial score (nSPS) is 14.6. The predicted octanol–water partition coefficient (Wildman–Crippen LogP) is 4.77. The van der Waals surface area contributed by atoms with E-state index in [2.05, 4.69) is 4.99 Å². The number of ether oxygens (including phenoxy) is 3. The number of cyclic esters (lactones) is 1. The molecular weight excluding hydrogens is 406 g/mol. The molecule has 6 nitrogen and oxygen atoms in total. The van der Waals surface area contributed by atoms with Crippen LogP contribution < -0.4 is 9.47 Å². The van der Waals surface area contributed by atoms with Crippen molar-refractivity contribution in [3.05, 3.63) is 76.4 Å². The third kappa shape index (κ3) is 3.77. The molecule has 4 rings (SSSR count). The largest absolute Gasteiger partial charge is 0.493 e. The highest BCUT2D eigenvalue weighted by Gasteiger charge is 2.25. The molecule has 30 heavy (non-hydrogen) atoms. The Morgan fingerprint density at radius 1 is 1.13 bits per heavy atom. The van der Waals surface area contributed by atoms with Crippen molar-refractivity contribution in [3.63, 3.8) is 0 Å². The molecule has 0 radical (unpaired) electrons. The predicted molar refractivity (Wildman–Crippen MR) is 114 cm³/mol. The fourth-order valence-corrected chi connectivity index (χ4v) is 3.42. The zero-order valence-electron chi connectivity index (χ0n) is 16.1. The first-order valence-electron chi connectivity index (χ1n) is 9.03. The van der Waals surface area contributed by atoms with Crippen LogP contribution in [-0.2, 0) is 14.3 Å². The van der Waals surface area contributed by atoms with Gasteiger partial charge in [-0.2, -0.15) is 0 Å². The summed E-state index contributed by atoms with van der Waals surface area (Å²) in [5.74, 6) is -0.489. The van der Waals surface area contributed by atoms with E-state index in [4.69, 9.17) is 25.8 Å². The van der Waals surface area contributed by atoms with Gasteiger partial charge in [-0.3, -0.25) is 4.79 Å². The number of hydrogen-bond acceptors (Lipinski definition) is 6. The minimum absolute atomic E-state index is 0.114. The average Bonchev–Trinajstić information content (AvgIpc) is 3.09. The quantitative estimate of drug-likeness (QED) is 0.344. The lowest BCUT2D eigenvalue weighted by molar-refractivity contribution is -0.132. The molecule has 0 aromatic heterocycles. The Morgan fingerprint density at radius 3 is 2.67 bits per heavy atom. The van der Waals surface area contributed by atoms with Crippen LogP contribution >= 0.6 is 11.6 Å². The van der Waals surface area contributed by atoms with Crippen molar-refractivity contribution in [1.82, 2.24) is 0 Å². The number of nitrogens with zero attached hydrogens (tertiary/aromatic N) is 1. The lowest BCUT2D eigenvalue weighted by Gasteiger charge is -2.10. The highest BCUT2D eigenvalue weighted by Crippen LogP contribution is 2.37. The number of benzene rings is 3. The van der Waals surface area contributed by atoms with Crippen LogP contribution in [0.1, 0.15) is 18.1 Å². The summed E-state index contributed by atoms with van der Waals surface area (Å²) in [7, 11) is 1.43. The molecule has 150 valence electrons. The Hall–Kier alpha value is -3.64. The number of methoxy groups -OCH3 is 1. The molecule has 1 heterocycles. The molecule has 0 amide bonds. The molecule has 7 heteroatoms. The second-order valence-corrected chi connectivity index (χ2v) is 6.90. The van der Waals surface area contributed by atoms with Crippen LogP contribution in [0.5, 0.6) is 11.5 Å². The van der Waals surface area contributed by atoms with Crippen molar-refractivity contribution in [3.8, 4) is 11.5 Å². The number of halogens is 1. The zero-order chi connectivity index (χ0) is 21.3. The van der Waals surface area contributed by atoms with Crippen LogP contribution in [0.4, 0.5) is 0 Å². The van der Waals surface area contributed by atoms with E-state index in [1.54, 1.807) is 12.1 Å². The van der Waals surface area contributed by atoms with Gasteiger partial charge in [0.15, 0.2) is 17.2 Å². The van der Waals surface area contributed by atoms with Crippen LogP contribution in [-0.4, -0.2) is 24.9 Å². The summed E-state index contributed by atoms with van der Waals surface area (Å²) in [6.07, 6.45) is 1.53. The SMILES string of the molecule is COc1cc(/C=C2\N=C(c3cccc4ccccc34)OC2=O)cc(Cl)c1OC(C)=O. The maximum absolute atomic E-state index is 12.4.